The summed E-state index contributed by atoms with van der Waals surface area (Å²) < 4.78 is 5.42. The molecular weight excluding hydrogens is 222 g/mol. The summed E-state index contributed by atoms with van der Waals surface area (Å²) in [6, 6.07) is 2.16. The van der Waals surface area contributed by atoms with Crippen molar-refractivity contribution in [3.63, 3.8) is 0 Å². The number of rotatable bonds is 3. The van der Waals surface area contributed by atoms with E-state index in [-0.39, 0.29) is 11.3 Å². The van der Waals surface area contributed by atoms with Crippen molar-refractivity contribution in [2.24, 2.45) is 0 Å². The maximum atomic E-state index is 11.1. The molecule has 1 aromatic heterocycles. The summed E-state index contributed by atoms with van der Waals surface area (Å²) >= 11 is 1.71. The number of ether oxygens (including phenoxy) is 1. The van der Waals surface area contributed by atoms with E-state index in [1.807, 2.05) is 0 Å². The molecule has 4 heteroatoms. The molecule has 0 aliphatic carbocycles. The van der Waals surface area contributed by atoms with Crippen molar-refractivity contribution >= 4 is 17.2 Å². The topological polar surface area (TPSA) is 38.3 Å². The van der Waals surface area contributed by atoms with Crippen molar-refractivity contribution in [1.82, 2.24) is 5.32 Å². The van der Waals surface area contributed by atoms with E-state index in [9.17, 15) is 4.79 Å². The molecule has 1 aliphatic rings. The molecule has 1 aromatic rings. The van der Waals surface area contributed by atoms with Gasteiger partial charge in [-0.3, -0.25) is 4.79 Å². The van der Waals surface area contributed by atoms with Gasteiger partial charge in [-0.15, -0.1) is 0 Å². The van der Waals surface area contributed by atoms with Crippen LogP contribution in [0.15, 0.2) is 16.8 Å². The number of carbonyl (C=O) groups excluding carboxylic acids is 1. The zero-order valence-corrected chi connectivity index (χ0v) is 10.3. The minimum atomic E-state index is 0.0427. The van der Waals surface area contributed by atoms with Gasteiger partial charge >= 0.3 is 0 Å². The molecule has 0 unspecified atom stereocenters. The first-order valence-corrected chi connectivity index (χ1v) is 6.52. The van der Waals surface area contributed by atoms with E-state index in [0.717, 1.165) is 32.6 Å². The van der Waals surface area contributed by atoms with E-state index in [1.165, 1.54) is 5.56 Å². The average molecular weight is 239 g/mol. The maximum absolute atomic E-state index is 11.1. The normalized spacial score (nSPS) is 19.3. The van der Waals surface area contributed by atoms with E-state index in [0.29, 0.717) is 0 Å². The van der Waals surface area contributed by atoms with E-state index < -0.39 is 0 Å². The summed E-state index contributed by atoms with van der Waals surface area (Å²) in [4.78, 5) is 11.1. The fraction of sp³-hybridized carbons (Fsp3) is 0.583. The van der Waals surface area contributed by atoms with Crippen LogP contribution >= 0.6 is 11.3 Å². The molecule has 3 nitrogen and oxygen atoms in total. The van der Waals surface area contributed by atoms with Crippen molar-refractivity contribution in [3.8, 4) is 0 Å². The van der Waals surface area contributed by atoms with E-state index >= 15 is 0 Å². The van der Waals surface area contributed by atoms with Gasteiger partial charge in [-0.2, -0.15) is 11.3 Å². The third-order valence-electron chi connectivity index (χ3n) is 3.26. The summed E-state index contributed by atoms with van der Waals surface area (Å²) in [6.45, 7) is 3.87. The monoisotopic (exact) mass is 239 g/mol. The fourth-order valence-corrected chi connectivity index (χ4v) is 2.97. The van der Waals surface area contributed by atoms with Crippen LogP contribution in [0.25, 0.3) is 0 Å². The molecule has 16 heavy (non-hydrogen) atoms. The van der Waals surface area contributed by atoms with E-state index in [4.69, 9.17) is 4.74 Å². The van der Waals surface area contributed by atoms with Crippen molar-refractivity contribution in [3.05, 3.63) is 22.4 Å². The van der Waals surface area contributed by atoms with Gasteiger partial charge in [0.15, 0.2) is 0 Å². The summed E-state index contributed by atoms with van der Waals surface area (Å²) in [5.74, 6) is 0.0427. The van der Waals surface area contributed by atoms with Crippen LogP contribution in [-0.4, -0.2) is 25.7 Å². The maximum Gasteiger partial charge on any atom is 0.216 e. The molecule has 1 amide bonds. The lowest BCUT2D eigenvalue weighted by Crippen LogP contribution is -2.43. The Morgan fingerprint density at radius 2 is 2.31 bits per heavy atom. The van der Waals surface area contributed by atoms with Gasteiger partial charge in [0.2, 0.25) is 5.91 Å². The Labute approximate surface area is 99.8 Å². The van der Waals surface area contributed by atoms with Gasteiger partial charge in [0.25, 0.3) is 0 Å². The Kier molecular flexibility index (Phi) is 3.61. The summed E-state index contributed by atoms with van der Waals surface area (Å²) in [5, 5.41) is 7.24. The zero-order valence-electron chi connectivity index (χ0n) is 9.49. The molecule has 0 aromatic carbocycles. The van der Waals surface area contributed by atoms with Crippen LogP contribution < -0.4 is 5.32 Å². The van der Waals surface area contributed by atoms with Gasteiger partial charge in [0.1, 0.15) is 0 Å². The Bertz CT molecular complexity index is 342. The Morgan fingerprint density at radius 1 is 1.56 bits per heavy atom. The molecule has 1 saturated heterocycles. The van der Waals surface area contributed by atoms with E-state index in [2.05, 4.69) is 22.1 Å². The highest BCUT2D eigenvalue weighted by Crippen LogP contribution is 2.35. The molecule has 0 atom stereocenters. The molecule has 0 saturated carbocycles. The van der Waals surface area contributed by atoms with Gasteiger partial charge in [0.05, 0.1) is 0 Å². The Morgan fingerprint density at radius 3 is 2.88 bits per heavy atom. The molecule has 2 heterocycles. The third-order valence-corrected chi connectivity index (χ3v) is 3.94. The third kappa shape index (κ3) is 2.44. The average Bonchev–Trinajstić information content (AvgIpc) is 2.82. The molecule has 1 N–H and O–H groups in total. The van der Waals surface area contributed by atoms with Crippen LogP contribution in [0.3, 0.4) is 0 Å². The van der Waals surface area contributed by atoms with Crippen LogP contribution in [0.1, 0.15) is 25.3 Å². The quantitative estimate of drug-likeness (QED) is 0.875. The van der Waals surface area contributed by atoms with Crippen LogP contribution in [0, 0.1) is 0 Å². The van der Waals surface area contributed by atoms with Crippen LogP contribution in [0.4, 0.5) is 0 Å². The van der Waals surface area contributed by atoms with Crippen molar-refractivity contribution in [1.29, 1.82) is 0 Å². The molecule has 0 bridgehead atoms. The highest BCUT2D eigenvalue weighted by molar-refractivity contribution is 7.08. The minimum absolute atomic E-state index is 0.0427. The first-order valence-electron chi connectivity index (χ1n) is 5.58. The lowest BCUT2D eigenvalue weighted by atomic mass is 9.75. The van der Waals surface area contributed by atoms with Crippen molar-refractivity contribution < 1.29 is 9.53 Å². The Balaban J connectivity index is 2.15. The van der Waals surface area contributed by atoms with Gasteiger partial charge in [-0.05, 0) is 35.2 Å². The predicted molar refractivity (Wildman–Crippen MR) is 64.7 cm³/mol. The number of carbonyl (C=O) groups is 1. The molecule has 0 radical (unpaired) electrons. The van der Waals surface area contributed by atoms with E-state index in [1.54, 1.807) is 18.3 Å². The summed E-state index contributed by atoms with van der Waals surface area (Å²) in [7, 11) is 0. The first-order chi connectivity index (χ1) is 7.73. The molecular formula is C12H17NO2S. The molecule has 2 rings (SSSR count). The van der Waals surface area contributed by atoms with Crippen LogP contribution in [-0.2, 0) is 14.9 Å². The van der Waals surface area contributed by atoms with Gasteiger partial charge in [-0.25, -0.2) is 0 Å². The lowest BCUT2D eigenvalue weighted by molar-refractivity contribution is -0.119. The highest BCUT2D eigenvalue weighted by atomic mass is 32.1. The second kappa shape index (κ2) is 4.97. The Hall–Kier alpha value is -0.870. The number of thiophene rings is 1. The summed E-state index contributed by atoms with van der Waals surface area (Å²) in [6.07, 6.45) is 1.98. The van der Waals surface area contributed by atoms with Gasteiger partial charge in [0, 0.05) is 32.1 Å². The SMILES string of the molecule is CC(=O)NCC1(c2ccsc2)CCOCC1. The van der Waals surface area contributed by atoms with Crippen molar-refractivity contribution in [2.75, 3.05) is 19.8 Å². The first kappa shape index (κ1) is 11.6. The molecule has 88 valence electrons. The molecule has 1 aliphatic heterocycles. The van der Waals surface area contributed by atoms with Crippen molar-refractivity contribution in [2.45, 2.75) is 25.2 Å². The fourth-order valence-electron chi connectivity index (χ4n) is 2.19. The molecule has 0 spiro atoms. The largest absolute Gasteiger partial charge is 0.381 e. The van der Waals surface area contributed by atoms with Gasteiger partial charge < -0.3 is 10.1 Å². The molecule has 1 fully saturated rings. The lowest BCUT2D eigenvalue weighted by Gasteiger charge is -2.37. The smallest absolute Gasteiger partial charge is 0.216 e. The second-order valence-electron chi connectivity index (χ2n) is 4.31. The second-order valence-corrected chi connectivity index (χ2v) is 5.09. The number of amides is 1. The number of hydrogen-bond acceptors (Lipinski definition) is 3. The highest BCUT2D eigenvalue weighted by Gasteiger charge is 2.34. The number of nitrogens with one attached hydrogen (secondary N) is 1. The predicted octanol–water partition coefficient (Wildman–Crippen LogP) is 1.93. The van der Waals surface area contributed by atoms with Crippen LogP contribution in [0.2, 0.25) is 0 Å². The standard InChI is InChI=1S/C12H17NO2S/c1-10(14)13-9-12(3-5-15-6-4-12)11-2-7-16-8-11/h2,7-8H,3-6,9H2,1H3,(H,13,14). The zero-order chi connectivity index (χ0) is 11.4. The summed E-state index contributed by atoms with van der Waals surface area (Å²) in [5.41, 5.74) is 1.43. The van der Waals surface area contributed by atoms with Gasteiger partial charge in [-0.1, -0.05) is 0 Å². The number of hydrogen-bond donors (Lipinski definition) is 1. The minimum Gasteiger partial charge on any atom is -0.381 e. The van der Waals surface area contributed by atoms with Crippen LogP contribution in [0.5, 0.6) is 0 Å².